The van der Waals surface area contributed by atoms with Gasteiger partial charge in [0.15, 0.2) is 11.7 Å². The van der Waals surface area contributed by atoms with Gasteiger partial charge in [0.05, 0.1) is 27.9 Å². The van der Waals surface area contributed by atoms with Crippen molar-refractivity contribution >= 4 is 34.5 Å². The van der Waals surface area contributed by atoms with Gasteiger partial charge in [-0.25, -0.2) is 9.98 Å². The Hall–Kier alpha value is -4.33. The van der Waals surface area contributed by atoms with Crippen LogP contribution in [-0.2, 0) is 0 Å². The number of H-pyrrole nitrogens is 1. The summed E-state index contributed by atoms with van der Waals surface area (Å²) in [7, 11) is 0. The molecule has 8 nitrogen and oxygen atoms in total. The van der Waals surface area contributed by atoms with E-state index < -0.39 is 4.92 Å². The molecule has 148 valence electrons. The molecule has 0 aliphatic heterocycles. The molecule has 3 aromatic carbocycles. The number of nitro groups is 1. The van der Waals surface area contributed by atoms with Crippen molar-refractivity contribution in [3.8, 4) is 0 Å². The van der Waals surface area contributed by atoms with Gasteiger partial charge in [0.1, 0.15) is 0 Å². The number of nitro benzene ring substituents is 1. The Morgan fingerprint density at radius 2 is 1.80 bits per heavy atom. The maximum Gasteiger partial charge on any atom is 0.269 e. The summed E-state index contributed by atoms with van der Waals surface area (Å²) in [6.45, 7) is 2.01. The van der Waals surface area contributed by atoms with Gasteiger partial charge in [-0.2, -0.15) is 5.10 Å². The van der Waals surface area contributed by atoms with Crippen molar-refractivity contribution < 1.29 is 4.92 Å². The summed E-state index contributed by atoms with van der Waals surface area (Å²) >= 11 is 0. The van der Waals surface area contributed by atoms with Crippen LogP contribution in [0.2, 0.25) is 0 Å². The Morgan fingerprint density at radius 3 is 2.50 bits per heavy atom. The molecule has 1 heterocycles. The standard InChI is InChI=1S/C22H18N6O2/c1-15-6-10-17(11-7-15)24-22(21-25-19-4-2-3-5-20(19)26-21)27-23-14-16-8-12-18(13-9-16)28(29)30/h2-14H,1H3,(H,24,27)(H,25,26). The van der Waals surface area contributed by atoms with Gasteiger partial charge in [-0.1, -0.05) is 29.8 Å². The number of hydrogen-bond acceptors (Lipinski definition) is 5. The van der Waals surface area contributed by atoms with E-state index >= 15 is 0 Å². The van der Waals surface area contributed by atoms with Gasteiger partial charge >= 0.3 is 0 Å². The van der Waals surface area contributed by atoms with Crippen LogP contribution in [0.3, 0.4) is 0 Å². The van der Waals surface area contributed by atoms with Crippen molar-refractivity contribution in [2.75, 3.05) is 0 Å². The highest BCUT2D eigenvalue weighted by molar-refractivity contribution is 6.00. The molecule has 0 saturated carbocycles. The lowest BCUT2D eigenvalue weighted by Gasteiger charge is -2.03. The highest BCUT2D eigenvalue weighted by atomic mass is 16.6. The maximum absolute atomic E-state index is 10.8. The van der Waals surface area contributed by atoms with Crippen LogP contribution in [0.4, 0.5) is 11.4 Å². The summed E-state index contributed by atoms with van der Waals surface area (Å²) in [5, 5.41) is 15.0. The van der Waals surface area contributed by atoms with Gasteiger partial charge in [0.25, 0.3) is 5.69 Å². The highest BCUT2D eigenvalue weighted by Crippen LogP contribution is 2.16. The number of aryl methyl sites for hydroxylation is 1. The number of aromatic nitrogens is 2. The van der Waals surface area contributed by atoms with Crippen molar-refractivity contribution in [1.29, 1.82) is 0 Å². The second-order valence-electron chi connectivity index (χ2n) is 6.62. The summed E-state index contributed by atoms with van der Waals surface area (Å²) in [5.41, 5.74) is 7.30. The van der Waals surface area contributed by atoms with Crippen LogP contribution in [-0.4, -0.2) is 26.9 Å². The molecule has 0 saturated heterocycles. The van der Waals surface area contributed by atoms with Crippen molar-refractivity contribution in [1.82, 2.24) is 15.4 Å². The van der Waals surface area contributed by atoms with E-state index in [0.717, 1.165) is 22.3 Å². The summed E-state index contributed by atoms with van der Waals surface area (Å²) in [6.07, 6.45) is 1.57. The number of fused-ring (bicyclic) bond motifs is 1. The zero-order valence-corrected chi connectivity index (χ0v) is 16.1. The molecular formula is C22H18N6O2. The molecule has 1 aromatic heterocycles. The Labute approximate surface area is 172 Å². The minimum Gasteiger partial charge on any atom is -0.335 e. The van der Waals surface area contributed by atoms with Crippen LogP contribution in [0.15, 0.2) is 82.9 Å². The predicted molar refractivity (Wildman–Crippen MR) is 117 cm³/mol. The number of benzene rings is 3. The van der Waals surface area contributed by atoms with E-state index in [9.17, 15) is 10.1 Å². The Balaban J connectivity index is 1.62. The molecule has 0 amide bonds. The van der Waals surface area contributed by atoms with E-state index in [1.165, 1.54) is 12.1 Å². The lowest BCUT2D eigenvalue weighted by Crippen LogP contribution is -2.20. The van der Waals surface area contributed by atoms with E-state index in [2.05, 4.69) is 25.5 Å². The van der Waals surface area contributed by atoms with Gasteiger partial charge < -0.3 is 4.98 Å². The molecule has 0 spiro atoms. The zero-order valence-electron chi connectivity index (χ0n) is 16.1. The molecule has 8 heteroatoms. The Bertz CT molecular complexity index is 1210. The average molecular weight is 398 g/mol. The number of hydrazone groups is 1. The third-order valence-corrected chi connectivity index (χ3v) is 4.38. The van der Waals surface area contributed by atoms with Crippen LogP contribution < -0.4 is 5.43 Å². The Kier molecular flexibility index (Phi) is 5.29. The van der Waals surface area contributed by atoms with E-state index in [0.29, 0.717) is 17.2 Å². The number of nitrogens with zero attached hydrogens (tertiary/aromatic N) is 4. The van der Waals surface area contributed by atoms with Crippen LogP contribution in [0.25, 0.3) is 11.0 Å². The first-order valence-electron chi connectivity index (χ1n) is 9.22. The van der Waals surface area contributed by atoms with Crippen LogP contribution in [0, 0.1) is 17.0 Å². The number of imidazole rings is 1. The number of aromatic amines is 1. The van der Waals surface area contributed by atoms with Crippen LogP contribution >= 0.6 is 0 Å². The van der Waals surface area contributed by atoms with E-state index in [-0.39, 0.29) is 5.69 Å². The van der Waals surface area contributed by atoms with E-state index in [1.54, 1.807) is 18.3 Å². The second-order valence-corrected chi connectivity index (χ2v) is 6.62. The predicted octanol–water partition coefficient (Wildman–Crippen LogP) is 4.48. The topological polar surface area (TPSA) is 109 Å². The Morgan fingerprint density at radius 1 is 1.07 bits per heavy atom. The summed E-state index contributed by atoms with van der Waals surface area (Å²) in [5.74, 6) is 1.01. The first kappa shape index (κ1) is 19.0. The summed E-state index contributed by atoms with van der Waals surface area (Å²) < 4.78 is 0. The first-order valence-corrected chi connectivity index (χ1v) is 9.22. The van der Waals surface area contributed by atoms with Crippen LogP contribution in [0.1, 0.15) is 17.0 Å². The third-order valence-electron chi connectivity index (χ3n) is 4.38. The fourth-order valence-electron chi connectivity index (χ4n) is 2.79. The van der Waals surface area contributed by atoms with E-state index in [4.69, 9.17) is 0 Å². The fraction of sp³-hybridized carbons (Fsp3) is 0.0455. The number of amidine groups is 1. The first-order chi connectivity index (χ1) is 14.6. The number of para-hydroxylation sites is 2. The monoisotopic (exact) mass is 398 g/mol. The quantitative estimate of drug-likeness (QED) is 0.223. The normalized spacial score (nSPS) is 11.8. The van der Waals surface area contributed by atoms with Crippen molar-refractivity contribution in [2.24, 2.45) is 10.1 Å². The molecule has 30 heavy (non-hydrogen) atoms. The molecule has 0 unspecified atom stereocenters. The molecule has 2 N–H and O–H groups in total. The fourth-order valence-corrected chi connectivity index (χ4v) is 2.79. The maximum atomic E-state index is 10.8. The molecule has 0 atom stereocenters. The largest absolute Gasteiger partial charge is 0.335 e. The van der Waals surface area contributed by atoms with Gasteiger partial charge in [-0.05, 0) is 48.9 Å². The highest BCUT2D eigenvalue weighted by Gasteiger charge is 2.10. The molecule has 0 aliphatic carbocycles. The number of hydrogen-bond donors (Lipinski definition) is 2. The number of non-ortho nitro benzene ring substituents is 1. The number of nitrogens with one attached hydrogen (secondary N) is 2. The van der Waals surface area contributed by atoms with E-state index in [1.807, 2.05) is 55.5 Å². The average Bonchev–Trinajstić information content (AvgIpc) is 3.19. The number of aliphatic imine (C=N–C) groups is 1. The van der Waals surface area contributed by atoms with Gasteiger partial charge in [-0.3, -0.25) is 15.5 Å². The molecule has 4 rings (SSSR count). The molecule has 0 bridgehead atoms. The lowest BCUT2D eigenvalue weighted by atomic mass is 10.2. The second kappa shape index (κ2) is 8.36. The third kappa shape index (κ3) is 4.39. The SMILES string of the molecule is Cc1ccc(N=C(NN=Cc2ccc([N+](=O)[O-])cc2)c2nc3ccccc3[nH]2)cc1. The zero-order chi connectivity index (χ0) is 20.9. The van der Waals surface area contributed by atoms with Crippen LogP contribution in [0.5, 0.6) is 0 Å². The molecular weight excluding hydrogens is 380 g/mol. The van der Waals surface area contributed by atoms with Gasteiger partial charge in [0, 0.05) is 12.1 Å². The van der Waals surface area contributed by atoms with Crippen molar-refractivity contribution in [3.05, 3.63) is 99.9 Å². The number of rotatable bonds is 5. The van der Waals surface area contributed by atoms with Gasteiger partial charge in [0.2, 0.25) is 0 Å². The smallest absolute Gasteiger partial charge is 0.269 e. The summed E-state index contributed by atoms with van der Waals surface area (Å²) in [6, 6.07) is 21.6. The van der Waals surface area contributed by atoms with Crippen molar-refractivity contribution in [2.45, 2.75) is 6.92 Å². The van der Waals surface area contributed by atoms with Crippen molar-refractivity contribution in [3.63, 3.8) is 0 Å². The summed E-state index contributed by atoms with van der Waals surface area (Å²) in [4.78, 5) is 22.8. The molecule has 0 fully saturated rings. The van der Waals surface area contributed by atoms with Gasteiger partial charge in [-0.15, -0.1) is 0 Å². The molecule has 0 aliphatic rings. The minimum atomic E-state index is -0.437. The lowest BCUT2D eigenvalue weighted by molar-refractivity contribution is -0.384. The minimum absolute atomic E-state index is 0.0315. The molecule has 4 aromatic rings. The molecule has 0 radical (unpaired) electrons.